The second kappa shape index (κ2) is 5.65. The van der Waals surface area contributed by atoms with Crippen molar-refractivity contribution in [2.45, 2.75) is 33.2 Å². The van der Waals surface area contributed by atoms with Crippen LogP contribution in [0.1, 0.15) is 36.8 Å². The first-order chi connectivity index (χ1) is 10.2. The van der Waals surface area contributed by atoms with Gasteiger partial charge in [0.15, 0.2) is 0 Å². The second-order valence-electron chi connectivity index (χ2n) is 5.50. The van der Waals surface area contributed by atoms with E-state index in [0.29, 0.717) is 0 Å². The summed E-state index contributed by atoms with van der Waals surface area (Å²) in [4.78, 5) is 0. The highest BCUT2D eigenvalue weighted by atomic mass is 16.3. The van der Waals surface area contributed by atoms with Crippen LogP contribution in [0.25, 0.3) is 11.0 Å². The van der Waals surface area contributed by atoms with Crippen molar-refractivity contribution >= 4 is 16.7 Å². The van der Waals surface area contributed by atoms with Gasteiger partial charge in [0.2, 0.25) is 0 Å². The van der Waals surface area contributed by atoms with Crippen LogP contribution in [0.5, 0.6) is 0 Å². The highest BCUT2D eigenvalue weighted by Crippen LogP contribution is 2.30. The molecule has 1 atom stereocenters. The monoisotopic (exact) mass is 279 g/mol. The maximum Gasteiger partial charge on any atom is 0.134 e. The average molecular weight is 279 g/mol. The number of benzene rings is 2. The van der Waals surface area contributed by atoms with Crippen LogP contribution in [0.15, 0.2) is 52.9 Å². The van der Waals surface area contributed by atoms with Crippen LogP contribution in [0, 0.1) is 6.92 Å². The van der Waals surface area contributed by atoms with Crippen LogP contribution in [-0.4, -0.2) is 0 Å². The molecule has 0 spiro atoms. The third-order valence-electron chi connectivity index (χ3n) is 4.02. The first kappa shape index (κ1) is 13.7. The summed E-state index contributed by atoms with van der Waals surface area (Å²) in [7, 11) is 0. The highest BCUT2D eigenvalue weighted by Gasteiger charge is 2.16. The van der Waals surface area contributed by atoms with Gasteiger partial charge in [-0.05, 0) is 44.0 Å². The number of para-hydroxylation sites is 1. The standard InChI is InChI=1S/C19H21NO/c1-4-15-9-11-16(12-10-15)20-14(3)19-13(2)17-7-5-6-8-18(17)21-19/h5-12,14,20H,4H2,1-3H3. The van der Waals surface area contributed by atoms with E-state index in [-0.39, 0.29) is 6.04 Å². The molecule has 0 fully saturated rings. The van der Waals surface area contributed by atoms with Gasteiger partial charge in [-0.15, -0.1) is 0 Å². The van der Waals surface area contributed by atoms with E-state index in [0.717, 1.165) is 23.5 Å². The quantitative estimate of drug-likeness (QED) is 0.684. The van der Waals surface area contributed by atoms with Crippen LogP contribution in [0.2, 0.25) is 0 Å². The molecule has 1 aromatic heterocycles. The molecule has 1 N–H and O–H groups in total. The normalized spacial score (nSPS) is 12.5. The Hall–Kier alpha value is -2.22. The molecule has 0 radical (unpaired) electrons. The summed E-state index contributed by atoms with van der Waals surface area (Å²) in [5.74, 6) is 1.01. The van der Waals surface area contributed by atoms with Gasteiger partial charge in [0.25, 0.3) is 0 Å². The minimum absolute atomic E-state index is 0.143. The Kier molecular flexibility index (Phi) is 3.70. The van der Waals surface area contributed by atoms with Gasteiger partial charge in [-0.2, -0.15) is 0 Å². The van der Waals surface area contributed by atoms with Gasteiger partial charge in [-0.3, -0.25) is 0 Å². The summed E-state index contributed by atoms with van der Waals surface area (Å²) < 4.78 is 6.02. The van der Waals surface area contributed by atoms with Crippen LogP contribution in [-0.2, 0) is 6.42 Å². The molecule has 108 valence electrons. The smallest absolute Gasteiger partial charge is 0.134 e. The number of rotatable bonds is 4. The molecule has 2 nitrogen and oxygen atoms in total. The lowest BCUT2D eigenvalue weighted by Gasteiger charge is -2.14. The van der Waals surface area contributed by atoms with E-state index in [1.165, 1.54) is 16.5 Å². The summed E-state index contributed by atoms with van der Waals surface area (Å²) in [5.41, 5.74) is 4.66. The Bertz CT molecular complexity index is 740. The molecule has 1 heterocycles. The highest BCUT2D eigenvalue weighted by molar-refractivity contribution is 5.82. The zero-order valence-electron chi connectivity index (χ0n) is 12.8. The van der Waals surface area contributed by atoms with E-state index in [2.05, 4.69) is 62.5 Å². The van der Waals surface area contributed by atoms with E-state index in [9.17, 15) is 0 Å². The van der Waals surface area contributed by atoms with Crippen molar-refractivity contribution in [1.29, 1.82) is 0 Å². The second-order valence-corrected chi connectivity index (χ2v) is 5.50. The molecular formula is C19H21NO. The summed E-state index contributed by atoms with van der Waals surface area (Å²) in [6, 6.07) is 16.9. The fourth-order valence-corrected chi connectivity index (χ4v) is 2.76. The lowest BCUT2D eigenvalue weighted by molar-refractivity contribution is 0.522. The first-order valence-electron chi connectivity index (χ1n) is 7.52. The van der Waals surface area contributed by atoms with Crippen molar-refractivity contribution in [3.05, 3.63) is 65.4 Å². The Morgan fingerprint density at radius 1 is 1.05 bits per heavy atom. The van der Waals surface area contributed by atoms with Crippen molar-refractivity contribution in [2.75, 3.05) is 5.32 Å². The van der Waals surface area contributed by atoms with Crippen molar-refractivity contribution in [2.24, 2.45) is 0 Å². The van der Waals surface area contributed by atoms with Gasteiger partial charge >= 0.3 is 0 Å². The Labute approximate surface area is 125 Å². The minimum atomic E-state index is 0.143. The van der Waals surface area contributed by atoms with Crippen molar-refractivity contribution < 1.29 is 4.42 Å². The maximum atomic E-state index is 6.02. The molecule has 0 saturated heterocycles. The summed E-state index contributed by atoms with van der Waals surface area (Å²) >= 11 is 0. The Morgan fingerprint density at radius 3 is 2.43 bits per heavy atom. The summed E-state index contributed by atoms with van der Waals surface area (Å²) in [6.45, 7) is 6.43. The molecule has 21 heavy (non-hydrogen) atoms. The van der Waals surface area contributed by atoms with E-state index in [4.69, 9.17) is 4.42 Å². The lowest BCUT2D eigenvalue weighted by atomic mass is 10.1. The van der Waals surface area contributed by atoms with Gasteiger partial charge < -0.3 is 9.73 Å². The molecule has 2 aromatic carbocycles. The Balaban J connectivity index is 1.86. The topological polar surface area (TPSA) is 25.2 Å². The molecule has 0 aliphatic heterocycles. The third-order valence-corrected chi connectivity index (χ3v) is 4.02. The van der Waals surface area contributed by atoms with E-state index < -0.39 is 0 Å². The third kappa shape index (κ3) is 2.66. The predicted octanol–water partition coefficient (Wildman–Crippen LogP) is 5.48. The average Bonchev–Trinajstić information content (AvgIpc) is 2.86. The molecule has 0 aliphatic carbocycles. The first-order valence-corrected chi connectivity index (χ1v) is 7.52. The number of aryl methyl sites for hydroxylation is 2. The fourth-order valence-electron chi connectivity index (χ4n) is 2.76. The molecule has 3 aromatic rings. The lowest BCUT2D eigenvalue weighted by Crippen LogP contribution is -2.06. The number of hydrogen-bond acceptors (Lipinski definition) is 2. The molecule has 0 bridgehead atoms. The molecule has 2 heteroatoms. The van der Waals surface area contributed by atoms with Crippen molar-refractivity contribution in [3.63, 3.8) is 0 Å². The van der Waals surface area contributed by atoms with Crippen molar-refractivity contribution in [1.82, 2.24) is 0 Å². The van der Waals surface area contributed by atoms with Gasteiger partial charge in [-0.25, -0.2) is 0 Å². The summed E-state index contributed by atoms with van der Waals surface area (Å²) in [6.07, 6.45) is 1.07. The van der Waals surface area contributed by atoms with E-state index in [1.54, 1.807) is 0 Å². The number of nitrogens with one attached hydrogen (secondary N) is 1. The van der Waals surface area contributed by atoms with Crippen LogP contribution in [0.3, 0.4) is 0 Å². The van der Waals surface area contributed by atoms with Crippen LogP contribution in [0.4, 0.5) is 5.69 Å². The van der Waals surface area contributed by atoms with E-state index in [1.807, 2.05) is 12.1 Å². The van der Waals surface area contributed by atoms with Crippen LogP contribution < -0.4 is 5.32 Å². The van der Waals surface area contributed by atoms with E-state index >= 15 is 0 Å². The fraction of sp³-hybridized carbons (Fsp3) is 0.263. The van der Waals surface area contributed by atoms with Gasteiger partial charge in [-0.1, -0.05) is 37.3 Å². The van der Waals surface area contributed by atoms with Crippen LogP contribution >= 0.6 is 0 Å². The maximum absolute atomic E-state index is 6.02. The number of hydrogen-bond donors (Lipinski definition) is 1. The zero-order chi connectivity index (χ0) is 14.8. The molecular weight excluding hydrogens is 258 g/mol. The van der Waals surface area contributed by atoms with Gasteiger partial charge in [0.05, 0.1) is 6.04 Å². The minimum Gasteiger partial charge on any atom is -0.459 e. The number of fused-ring (bicyclic) bond motifs is 1. The zero-order valence-corrected chi connectivity index (χ0v) is 12.8. The summed E-state index contributed by atoms with van der Waals surface area (Å²) in [5, 5.41) is 4.71. The SMILES string of the molecule is CCc1ccc(NC(C)c2oc3ccccc3c2C)cc1. The molecule has 1 unspecified atom stereocenters. The molecule has 0 aliphatic rings. The molecule has 0 amide bonds. The number of furan rings is 1. The largest absolute Gasteiger partial charge is 0.459 e. The predicted molar refractivity (Wildman–Crippen MR) is 88.8 cm³/mol. The van der Waals surface area contributed by atoms with Crippen molar-refractivity contribution in [3.8, 4) is 0 Å². The number of anilines is 1. The van der Waals surface area contributed by atoms with Gasteiger partial charge in [0, 0.05) is 16.6 Å². The molecule has 0 saturated carbocycles. The van der Waals surface area contributed by atoms with Gasteiger partial charge in [0.1, 0.15) is 11.3 Å². The Morgan fingerprint density at radius 2 is 1.76 bits per heavy atom. The molecule has 3 rings (SSSR count).